The van der Waals surface area contributed by atoms with Crippen molar-refractivity contribution in [3.05, 3.63) is 71.9 Å². The van der Waals surface area contributed by atoms with Crippen LogP contribution in [0.5, 0.6) is 0 Å². The summed E-state index contributed by atoms with van der Waals surface area (Å²) < 4.78 is 28.5. The van der Waals surface area contributed by atoms with Gasteiger partial charge in [0.05, 0.1) is 39.7 Å². The Hall–Kier alpha value is -4.47. The Morgan fingerprint density at radius 1 is 1.00 bits per heavy atom. The van der Waals surface area contributed by atoms with Gasteiger partial charge in [-0.2, -0.15) is 5.10 Å². The number of aromatic nitrogens is 4. The first-order valence-electron chi connectivity index (χ1n) is 13.8. The monoisotopic (exact) mass is 559 g/mol. The van der Waals surface area contributed by atoms with E-state index in [1.54, 1.807) is 30.5 Å². The van der Waals surface area contributed by atoms with Crippen molar-refractivity contribution in [1.82, 2.24) is 20.2 Å². The molecule has 0 aliphatic heterocycles. The number of carbonyl (C=O) groups excluding carboxylic acids is 1. The second kappa shape index (κ2) is 11.2. The van der Waals surface area contributed by atoms with E-state index in [9.17, 15) is 13.6 Å². The number of nitrogens with one attached hydrogen (secondary N) is 4. The molecule has 41 heavy (non-hydrogen) atoms. The van der Waals surface area contributed by atoms with E-state index in [4.69, 9.17) is 0 Å². The van der Waals surface area contributed by atoms with Crippen LogP contribution in [0.2, 0.25) is 0 Å². The maximum absolute atomic E-state index is 14.2. The molecule has 5 rings (SSSR count). The lowest BCUT2D eigenvalue weighted by Gasteiger charge is -2.30. The van der Waals surface area contributed by atoms with Crippen molar-refractivity contribution in [3.8, 4) is 0 Å². The van der Waals surface area contributed by atoms with Crippen LogP contribution < -0.4 is 15.5 Å². The zero-order valence-corrected chi connectivity index (χ0v) is 23.8. The van der Waals surface area contributed by atoms with Gasteiger partial charge in [0.2, 0.25) is 5.95 Å². The highest BCUT2D eigenvalue weighted by Gasteiger charge is 2.28. The molecule has 0 atom stereocenters. The quantitative estimate of drug-likeness (QED) is 0.141. The number of H-pyrrole nitrogens is 2. The van der Waals surface area contributed by atoms with Crippen LogP contribution in [0.25, 0.3) is 21.9 Å². The highest BCUT2D eigenvalue weighted by molar-refractivity contribution is 6.11. The Kier molecular flexibility index (Phi) is 7.66. The fraction of sp³-hybridized carbons (Fsp3) is 0.323. The first-order chi connectivity index (χ1) is 19.5. The number of carbonyl (C=O) groups is 1. The van der Waals surface area contributed by atoms with Crippen LogP contribution in [0.15, 0.2) is 60.8 Å². The van der Waals surface area contributed by atoms with Crippen LogP contribution in [0.3, 0.4) is 0 Å². The number of para-hydroxylation sites is 1. The number of aromatic amines is 2. The number of alkyl halides is 2. The van der Waals surface area contributed by atoms with Crippen molar-refractivity contribution in [2.45, 2.75) is 40.5 Å². The number of nitrogens with zero attached hydrogens (tertiary/aromatic N) is 3. The molecule has 1 amide bonds. The number of hydrogen-bond donors (Lipinski definition) is 4. The molecule has 0 bridgehead atoms. The van der Waals surface area contributed by atoms with Gasteiger partial charge in [-0.05, 0) is 48.2 Å². The summed E-state index contributed by atoms with van der Waals surface area (Å²) >= 11 is 0. The molecule has 0 fully saturated rings. The van der Waals surface area contributed by atoms with E-state index in [0.29, 0.717) is 40.1 Å². The van der Waals surface area contributed by atoms with Crippen molar-refractivity contribution < 1.29 is 13.6 Å². The van der Waals surface area contributed by atoms with E-state index in [2.05, 4.69) is 63.4 Å². The number of fused-ring (bicyclic) bond motifs is 2. The molecule has 5 aromatic rings. The van der Waals surface area contributed by atoms with Gasteiger partial charge < -0.3 is 20.5 Å². The highest BCUT2D eigenvalue weighted by Crippen LogP contribution is 2.35. The largest absolute Gasteiger partial charge is 0.370 e. The lowest BCUT2D eigenvalue weighted by atomic mass is 10.1. The first-order valence-corrected chi connectivity index (χ1v) is 13.8. The Morgan fingerprint density at radius 3 is 2.44 bits per heavy atom. The molecule has 0 unspecified atom stereocenters. The number of benzene rings is 3. The van der Waals surface area contributed by atoms with Crippen LogP contribution in [-0.4, -0.2) is 39.2 Å². The number of rotatable bonds is 10. The van der Waals surface area contributed by atoms with E-state index in [-0.39, 0.29) is 17.2 Å². The van der Waals surface area contributed by atoms with Gasteiger partial charge in [-0.1, -0.05) is 45.9 Å². The minimum Gasteiger partial charge on any atom is -0.370 e. The van der Waals surface area contributed by atoms with E-state index in [1.807, 2.05) is 24.3 Å². The number of anilines is 4. The highest BCUT2D eigenvalue weighted by atomic mass is 19.3. The summed E-state index contributed by atoms with van der Waals surface area (Å²) in [6.45, 7) is 10.9. The molecule has 0 saturated carbocycles. The zero-order valence-electron chi connectivity index (χ0n) is 23.8. The van der Waals surface area contributed by atoms with E-state index in [1.165, 1.54) is 6.07 Å². The minimum absolute atomic E-state index is 0.129. The van der Waals surface area contributed by atoms with Crippen molar-refractivity contribution in [2.24, 2.45) is 11.8 Å². The standard InChI is InChI=1S/C31H35F2N7O/c1-18(2)16-40(17-19(3)4)28-14-27-26(37-30(38-27)36-24-9-7-6-8-23(24)31(5,32)33)13-22(28)29(41)35-21-11-10-20-15-34-39-25(20)12-21/h6-15,18-19H,16-17H2,1-5H3,(H,34,39)(H,35,41)(H2,36,37,38). The van der Waals surface area contributed by atoms with E-state index < -0.39 is 5.92 Å². The van der Waals surface area contributed by atoms with Crippen LogP contribution in [-0.2, 0) is 5.92 Å². The van der Waals surface area contributed by atoms with Gasteiger partial charge >= 0.3 is 0 Å². The smallest absolute Gasteiger partial charge is 0.272 e. The summed E-state index contributed by atoms with van der Waals surface area (Å²) in [7, 11) is 0. The molecule has 4 N–H and O–H groups in total. The number of halogens is 2. The van der Waals surface area contributed by atoms with E-state index in [0.717, 1.165) is 36.6 Å². The molecule has 214 valence electrons. The van der Waals surface area contributed by atoms with Gasteiger partial charge in [0.25, 0.3) is 11.8 Å². The third-order valence-electron chi connectivity index (χ3n) is 6.71. The maximum Gasteiger partial charge on any atom is 0.272 e. The number of amides is 1. The van der Waals surface area contributed by atoms with Gasteiger partial charge in [0.15, 0.2) is 0 Å². The minimum atomic E-state index is -3.03. The summed E-state index contributed by atoms with van der Waals surface area (Å²) in [5.74, 6) is -2.28. The Balaban J connectivity index is 1.56. The predicted octanol–water partition coefficient (Wildman–Crippen LogP) is 7.67. The molecule has 3 aromatic carbocycles. The average molecular weight is 560 g/mol. The SMILES string of the molecule is CC(C)CN(CC(C)C)c1cc2nc(Nc3ccccc3C(C)(F)F)[nH]c2cc1C(=O)Nc1ccc2cn[nH]c2c1. The van der Waals surface area contributed by atoms with Crippen LogP contribution >= 0.6 is 0 Å². The summed E-state index contributed by atoms with van der Waals surface area (Å²) in [6.07, 6.45) is 1.73. The molecule has 0 spiro atoms. The topological polar surface area (TPSA) is 102 Å². The molecule has 0 aliphatic carbocycles. The van der Waals surface area contributed by atoms with Gasteiger partial charge in [0, 0.05) is 36.7 Å². The Labute approximate surface area is 237 Å². The molecule has 0 aliphatic rings. The molecule has 10 heteroatoms. The molecule has 2 aromatic heterocycles. The third-order valence-corrected chi connectivity index (χ3v) is 6.71. The fourth-order valence-electron chi connectivity index (χ4n) is 5.02. The number of imidazole rings is 1. The molecular formula is C31H35F2N7O. The lowest BCUT2D eigenvalue weighted by Crippen LogP contribution is -2.33. The summed E-state index contributed by atoms with van der Waals surface area (Å²) in [5.41, 5.74) is 4.07. The Morgan fingerprint density at radius 2 is 1.73 bits per heavy atom. The summed E-state index contributed by atoms with van der Waals surface area (Å²) in [5, 5.41) is 14.0. The zero-order chi connectivity index (χ0) is 29.3. The van der Waals surface area contributed by atoms with Crippen molar-refractivity contribution in [2.75, 3.05) is 28.6 Å². The lowest BCUT2D eigenvalue weighted by molar-refractivity contribution is 0.0182. The number of hydrogen-bond acceptors (Lipinski definition) is 5. The van der Waals surface area contributed by atoms with Gasteiger partial charge in [-0.15, -0.1) is 0 Å². The van der Waals surface area contributed by atoms with Crippen LogP contribution in [0.1, 0.15) is 50.5 Å². The van der Waals surface area contributed by atoms with Crippen molar-refractivity contribution >= 4 is 50.9 Å². The van der Waals surface area contributed by atoms with Crippen LogP contribution in [0, 0.1) is 11.8 Å². The fourth-order valence-corrected chi connectivity index (χ4v) is 5.02. The maximum atomic E-state index is 14.2. The molecule has 0 saturated heterocycles. The molecule has 2 heterocycles. The summed E-state index contributed by atoms with van der Waals surface area (Å²) in [6, 6.07) is 15.5. The second-order valence-electron chi connectivity index (χ2n) is 11.3. The van der Waals surface area contributed by atoms with Gasteiger partial charge in [-0.25, -0.2) is 13.8 Å². The first kappa shape index (κ1) is 28.1. The molecular weight excluding hydrogens is 524 g/mol. The molecule has 0 radical (unpaired) electrons. The van der Waals surface area contributed by atoms with Gasteiger partial charge in [-0.3, -0.25) is 9.89 Å². The predicted molar refractivity (Wildman–Crippen MR) is 161 cm³/mol. The Bertz CT molecular complexity index is 1670. The van der Waals surface area contributed by atoms with Gasteiger partial charge in [0.1, 0.15) is 0 Å². The van der Waals surface area contributed by atoms with Crippen molar-refractivity contribution in [3.63, 3.8) is 0 Å². The normalized spacial score (nSPS) is 12.0. The third kappa shape index (κ3) is 6.32. The van der Waals surface area contributed by atoms with Crippen molar-refractivity contribution in [1.29, 1.82) is 0 Å². The van der Waals surface area contributed by atoms with E-state index >= 15 is 0 Å². The molecule has 8 nitrogen and oxygen atoms in total. The second-order valence-corrected chi connectivity index (χ2v) is 11.3. The van der Waals surface area contributed by atoms with Crippen LogP contribution in [0.4, 0.5) is 31.8 Å². The summed E-state index contributed by atoms with van der Waals surface area (Å²) in [4.78, 5) is 23.8. The average Bonchev–Trinajstić information content (AvgIpc) is 3.52.